The SMILES string of the molecule is Cc1nn(-c2ccccc2C(=O)O)c2c1[C@@H](c1cccs1)C1=C(C[C@H](c3cccs3)CC1=O)N2. The van der Waals surface area contributed by atoms with Crippen LogP contribution in [0.25, 0.3) is 5.69 Å². The number of carboxylic acids is 1. The van der Waals surface area contributed by atoms with Crippen LogP contribution in [0.1, 0.15) is 56.0 Å². The maximum absolute atomic E-state index is 13.6. The Bertz CT molecular complexity index is 1450. The van der Waals surface area contributed by atoms with Crippen LogP contribution in [0.2, 0.25) is 0 Å². The summed E-state index contributed by atoms with van der Waals surface area (Å²) in [6.45, 7) is 1.92. The van der Waals surface area contributed by atoms with E-state index < -0.39 is 5.97 Å². The lowest BCUT2D eigenvalue weighted by molar-refractivity contribution is -0.116. The second-order valence-corrected chi connectivity index (χ2v) is 10.5. The van der Waals surface area contributed by atoms with Crippen LogP contribution in [0.5, 0.6) is 0 Å². The van der Waals surface area contributed by atoms with Crippen molar-refractivity contribution in [1.29, 1.82) is 0 Å². The molecule has 0 unspecified atom stereocenters. The van der Waals surface area contributed by atoms with Crippen LogP contribution in [0.3, 0.4) is 0 Å². The highest BCUT2D eigenvalue weighted by molar-refractivity contribution is 7.10. The van der Waals surface area contributed by atoms with Gasteiger partial charge in [-0.3, -0.25) is 4.79 Å². The summed E-state index contributed by atoms with van der Waals surface area (Å²) in [6, 6.07) is 15.1. The van der Waals surface area contributed by atoms with Crippen molar-refractivity contribution in [3.05, 3.63) is 97.1 Å². The fourth-order valence-corrected chi connectivity index (χ4v) is 6.83. The average molecular weight is 488 g/mol. The Hall–Kier alpha value is -3.49. The third-order valence-electron chi connectivity index (χ3n) is 6.60. The Balaban J connectivity index is 1.55. The van der Waals surface area contributed by atoms with Gasteiger partial charge in [0.2, 0.25) is 0 Å². The van der Waals surface area contributed by atoms with Crippen LogP contribution in [0, 0.1) is 6.92 Å². The number of thiophene rings is 2. The number of benzene rings is 1. The molecule has 4 heterocycles. The molecule has 3 aromatic heterocycles. The highest BCUT2D eigenvalue weighted by Gasteiger charge is 2.42. The Kier molecular flexibility index (Phi) is 5.00. The molecule has 0 amide bonds. The zero-order valence-corrected chi connectivity index (χ0v) is 20.0. The van der Waals surface area contributed by atoms with Crippen molar-refractivity contribution in [2.75, 3.05) is 5.32 Å². The molecule has 0 bridgehead atoms. The average Bonchev–Trinajstić information content (AvgIpc) is 3.60. The predicted molar refractivity (Wildman–Crippen MR) is 133 cm³/mol. The molecule has 1 aliphatic carbocycles. The van der Waals surface area contributed by atoms with Gasteiger partial charge in [0.25, 0.3) is 0 Å². The molecule has 0 spiro atoms. The highest BCUT2D eigenvalue weighted by Crippen LogP contribution is 2.50. The van der Waals surface area contributed by atoms with E-state index >= 15 is 0 Å². The Morgan fingerprint density at radius 3 is 2.50 bits per heavy atom. The number of Topliss-reactive ketones (excluding diaryl/α,β-unsaturated/α-hetero) is 1. The summed E-state index contributed by atoms with van der Waals surface area (Å²) in [7, 11) is 0. The number of aromatic carboxylic acids is 1. The summed E-state index contributed by atoms with van der Waals surface area (Å²) < 4.78 is 1.69. The van der Waals surface area contributed by atoms with E-state index in [0.717, 1.165) is 39.6 Å². The zero-order valence-electron chi connectivity index (χ0n) is 18.3. The molecular formula is C26H21N3O3S2. The number of anilines is 1. The molecule has 170 valence electrons. The van der Waals surface area contributed by atoms with E-state index in [4.69, 9.17) is 5.10 Å². The number of hydrogen-bond acceptors (Lipinski definition) is 6. The fourth-order valence-electron chi connectivity index (χ4n) is 5.15. The molecule has 2 aliphatic rings. The van der Waals surface area contributed by atoms with Gasteiger partial charge < -0.3 is 10.4 Å². The number of carbonyl (C=O) groups is 2. The van der Waals surface area contributed by atoms with Crippen LogP contribution in [-0.2, 0) is 4.79 Å². The van der Waals surface area contributed by atoms with Crippen LogP contribution in [-0.4, -0.2) is 26.6 Å². The molecule has 0 saturated carbocycles. The van der Waals surface area contributed by atoms with Gasteiger partial charge in [-0.05, 0) is 48.4 Å². The monoisotopic (exact) mass is 487 g/mol. The largest absolute Gasteiger partial charge is 0.478 e. The number of aryl methyl sites for hydroxylation is 1. The number of aromatic nitrogens is 2. The smallest absolute Gasteiger partial charge is 0.337 e. The third kappa shape index (κ3) is 3.25. The molecule has 0 radical (unpaired) electrons. The minimum atomic E-state index is -1.01. The first-order valence-corrected chi connectivity index (χ1v) is 12.8. The van der Waals surface area contributed by atoms with Crippen molar-refractivity contribution in [1.82, 2.24) is 9.78 Å². The van der Waals surface area contributed by atoms with Gasteiger partial charge in [-0.15, -0.1) is 22.7 Å². The number of hydrogen-bond donors (Lipinski definition) is 2. The van der Waals surface area contributed by atoms with Crippen molar-refractivity contribution in [2.45, 2.75) is 31.6 Å². The normalized spacial score (nSPS) is 19.5. The van der Waals surface area contributed by atoms with Crippen LogP contribution in [0.15, 0.2) is 70.6 Å². The molecule has 1 aromatic carbocycles. The zero-order chi connectivity index (χ0) is 23.4. The van der Waals surface area contributed by atoms with Gasteiger partial charge in [0.15, 0.2) is 5.78 Å². The minimum Gasteiger partial charge on any atom is -0.478 e. The van der Waals surface area contributed by atoms with Gasteiger partial charge in [0.05, 0.1) is 22.9 Å². The van der Waals surface area contributed by atoms with Gasteiger partial charge in [-0.2, -0.15) is 5.10 Å². The van der Waals surface area contributed by atoms with Crippen molar-refractivity contribution >= 4 is 40.2 Å². The number of nitrogens with zero attached hydrogens (tertiary/aromatic N) is 2. The van der Waals surface area contributed by atoms with Crippen LogP contribution < -0.4 is 5.32 Å². The standard InChI is InChI=1S/C26H21N3O3S2/c1-14-22-24(21-9-5-11-34-21)23-17(12-15(13-19(23)30)20-8-4-10-33-20)27-25(22)29(28-14)18-7-3-2-6-16(18)26(31)32/h2-11,15,24,27H,12-13H2,1H3,(H,31,32)/t15-,24+/m0/s1. The van der Waals surface area contributed by atoms with E-state index in [1.54, 1.807) is 45.6 Å². The number of para-hydroxylation sites is 1. The predicted octanol–water partition coefficient (Wildman–Crippen LogP) is 5.96. The molecule has 6 rings (SSSR count). The molecule has 2 N–H and O–H groups in total. The molecule has 34 heavy (non-hydrogen) atoms. The first-order chi connectivity index (χ1) is 16.5. The summed E-state index contributed by atoms with van der Waals surface area (Å²) in [5.74, 6) is -0.187. The second kappa shape index (κ2) is 8.07. The van der Waals surface area contributed by atoms with E-state index in [1.807, 2.05) is 35.9 Å². The van der Waals surface area contributed by atoms with Gasteiger partial charge in [0.1, 0.15) is 5.82 Å². The molecule has 2 atom stereocenters. The van der Waals surface area contributed by atoms with E-state index in [1.165, 1.54) is 4.88 Å². The second-order valence-electron chi connectivity index (χ2n) is 8.59. The van der Waals surface area contributed by atoms with Gasteiger partial charge in [-0.25, -0.2) is 9.48 Å². The van der Waals surface area contributed by atoms with Gasteiger partial charge in [0, 0.05) is 38.9 Å². The fraction of sp³-hybridized carbons (Fsp3) is 0.192. The number of allylic oxidation sites excluding steroid dienone is 2. The lowest BCUT2D eigenvalue weighted by Crippen LogP contribution is -2.30. The summed E-state index contributed by atoms with van der Waals surface area (Å²) in [5.41, 5.74) is 4.12. The van der Waals surface area contributed by atoms with Crippen molar-refractivity contribution in [3.63, 3.8) is 0 Å². The number of fused-ring (bicyclic) bond motifs is 1. The summed E-state index contributed by atoms with van der Waals surface area (Å²) in [6.07, 6.45) is 1.22. The van der Waals surface area contributed by atoms with E-state index in [2.05, 4.69) is 17.4 Å². The molecular weight excluding hydrogens is 466 g/mol. The number of carboxylic acid groups (broad SMARTS) is 1. The Morgan fingerprint density at radius 2 is 1.79 bits per heavy atom. The van der Waals surface area contributed by atoms with Crippen molar-refractivity contribution < 1.29 is 14.7 Å². The third-order valence-corrected chi connectivity index (χ3v) is 8.57. The number of rotatable bonds is 4. The lowest BCUT2D eigenvalue weighted by Gasteiger charge is -2.35. The summed E-state index contributed by atoms with van der Waals surface area (Å²) in [5, 5.41) is 22.2. The molecule has 6 nitrogen and oxygen atoms in total. The summed E-state index contributed by atoms with van der Waals surface area (Å²) >= 11 is 3.31. The van der Waals surface area contributed by atoms with Gasteiger partial charge >= 0.3 is 5.97 Å². The number of ketones is 1. The molecule has 8 heteroatoms. The van der Waals surface area contributed by atoms with Crippen LogP contribution in [0.4, 0.5) is 5.82 Å². The van der Waals surface area contributed by atoms with E-state index in [9.17, 15) is 14.7 Å². The first kappa shape index (κ1) is 21.1. The molecule has 1 aliphatic heterocycles. The first-order valence-electron chi connectivity index (χ1n) is 11.0. The quantitative estimate of drug-likeness (QED) is 0.371. The molecule has 4 aromatic rings. The van der Waals surface area contributed by atoms with E-state index in [-0.39, 0.29) is 23.2 Å². The lowest BCUT2D eigenvalue weighted by atomic mass is 9.75. The van der Waals surface area contributed by atoms with Crippen molar-refractivity contribution in [3.8, 4) is 5.69 Å². The minimum absolute atomic E-state index is 0.132. The highest BCUT2D eigenvalue weighted by atomic mass is 32.1. The van der Waals surface area contributed by atoms with Gasteiger partial charge in [-0.1, -0.05) is 24.3 Å². The van der Waals surface area contributed by atoms with E-state index in [0.29, 0.717) is 12.1 Å². The topological polar surface area (TPSA) is 84.2 Å². The molecule has 0 fully saturated rings. The number of nitrogens with one attached hydrogen (secondary N) is 1. The Morgan fingerprint density at radius 1 is 1.06 bits per heavy atom. The van der Waals surface area contributed by atoms with Crippen LogP contribution >= 0.6 is 22.7 Å². The maximum Gasteiger partial charge on any atom is 0.337 e. The maximum atomic E-state index is 13.6. The number of carbonyl (C=O) groups excluding carboxylic acids is 1. The van der Waals surface area contributed by atoms with Crippen molar-refractivity contribution in [2.24, 2.45) is 0 Å². The molecule has 0 saturated heterocycles. The Labute approximate surface area is 204 Å². The summed E-state index contributed by atoms with van der Waals surface area (Å²) in [4.78, 5) is 27.8.